The largest absolute Gasteiger partial charge is 0.397 e. The van der Waals surface area contributed by atoms with E-state index in [0.29, 0.717) is 10.6 Å². The first-order chi connectivity index (χ1) is 8.50. The number of hydrogen-bond donors (Lipinski definition) is 2. The summed E-state index contributed by atoms with van der Waals surface area (Å²) in [5.74, 6) is 0.550. The molecule has 2 rings (SSSR count). The number of nitrogens with two attached hydrogens (primary N) is 1. The zero-order valence-corrected chi connectivity index (χ0v) is 11.3. The Morgan fingerprint density at radius 2 is 2.28 bits per heavy atom. The second-order valence-corrected chi connectivity index (χ2v) is 5.05. The average Bonchev–Trinajstić information content (AvgIpc) is 2.85. The van der Waals surface area contributed by atoms with Gasteiger partial charge in [0, 0.05) is 5.56 Å². The number of thiophene rings is 1. The number of carbonyl (C=O) groups excluding carboxylic acids is 1. The first kappa shape index (κ1) is 12.6. The molecule has 0 radical (unpaired) electrons. The first-order valence-corrected chi connectivity index (χ1v) is 6.45. The topological polar surface area (TPSA) is 81.2 Å². The zero-order valence-electron chi connectivity index (χ0n) is 10.5. The van der Waals surface area contributed by atoms with Crippen molar-refractivity contribution in [3.8, 4) is 0 Å². The van der Waals surface area contributed by atoms with Gasteiger partial charge < -0.3 is 15.6 Å². The number of aryl methyl sites for hydroxylation is 2. The Labute approximate surface area is 109 Å². The van der Waals surface area contributed by atoms with Gasteiger partial charge in [-0.05, 0) is 32.2 Å². The minimum atomic E-state index is -0.171. The van der Waals surface area contributed by atoms with Gasteiger partial charge in [0.1, 0.15) is 10.6 Å². The van der Waals surface area contributed by atoms with Crippen LogP contribution in [0.1, 0.15) is 39.7 Å². The maximum absolute atomic E-state index is 12.0. The Morgan fingerprint density at radius 3 is 2.78 bits per heavy atom. The van der Waals surface area contributed by atoms with Gasteiger partial charge in [0.2, 0.25) is 0 Å². The average molecular weight is 265 g/mol. The molecule has 0 saturated heterocycles. The van der Waals surface area contributed by atoms with Crippen molar-refractivity contribution in [3.63, 3.8) is 0 Å². The molecule has 1 atom stereocenters. The lowest BCUT2D eigenvalue weighted by Crippen LogP contribution is -2.27. The summed E-state index contributed by atoms with van der Waals surface area (Å²) in [7, 11) is 0. The lowest BCUT2D eigenvalue weighted by atomic mass is 10.1. The molecule has 0 aliphatic carbocycles. The van der Waals surface area contributed by atoms with Crippen LogP contribution < -0.4 is 11.1 Å². The van der Waals surface area contributed by atoms with Gasteiger partial charge in [0.25, 0.3) is 5.91 Å². The number of rotatable bonds is 3. The number of amides is 1. The summed E-state index contributed by atoms with van der Waals surface area (Å²) in [5, 5.41) is 8.57. The number of nitrogens with zero attached hydrogens (tertiary/aromatic N) is 1. The molecule has 96 valence electrons. The summed E-state index contributed by atoms with van der Waals surface area (Å²) in [6.45, 7) is 5.58. The summed E-state index contributed by atoms with van der Waals surface area (Å²) >= 11 is 1.33. The number of anilines is 1. The van der Waals surface area contributed by atoms with E-state index in [4.69, 9.17) is 10.3 Å². The van der Waals surface area contributed by atoms with Crippen LogP contribution in [0, 0.1) is 13.8 Å². The van der Waals surface area contributed by atoms with E-state index in [1.165, 1.54) is 11.3 Å². The second-order valence-electron chi connectivity index (χ2n) is 4.14. The fourth-order valence-corrected chi connectivity index (χ4v) is 2.67. The van der Waals surface area contributed by atoms with E-state index in [-0.39, 0.29) is 11.9 Å². The first-order valence-electron chi connectivity index (χ1n) is 5.57. The molecule has 1 amide bonds. The minimum Gasteiger partial charge on any atom is -0.397 e. The smallest absolute Gasteiger partial charge is 0.263 e. The van der Waals surface area contributed by atoms with Gasteiger partial charge in [0.15, 0.2) is 0 Å². The third-order valence-electron chi connectivity index (χ3n) is 2.77. The molecule has 1 unspecified atom stereocenters. The van der Waals surface area contributed by atoms with Gasteiger partial charge >= 0.3 is 0 Å². The highest BCUT2D eigenvalue weighted by Gasteiger charge is 2.20. The number of hydrogen-bond acceptors (Lipinski definition) is 5. The predicted octanol–water partition coefficient (Wildman–Crippen LogP) is 2.43. The summed E-state index contributed by atoms with van der Waals surface area (Å²) in [4.78, 5) is 12.6. The summed E-state index contributed by atoms with van der Waals surface area (Å²) in [6.07, 6.45) is 0. The number of aromatic nitrogens is 1. The molecule has 2 aromatic heterocycles. The van der Waals surface area contributed by atoms with Gasteiger partial charge in [0.05, 0.1) is 17.4 Å². The molecular formula is C12H15N3O2S. The van der Waals surface area contributed by atoms with Crippen molar-refractivity contribution >= 4 is 22.9 Å². The molecule has 6 heteroatoms. The highest BCUT2D eigenvalue weighted by molar-refractivity contribution is 7.12. The van der Waals surface area contributed by atoms with E-state index in [9.17, 15) is 4.79 Å². The monoisotopic (exact) mass is 265 g/mol. The molecule has 0 aliphatic rings. The Bertz CT molecular complexity index is 554. The summed E-state index contributed by atoms with van der Waals surface area (Å²) < 4.78 is 5.09. The van der Waals surface area contributed by atoms with E-state index in [0.717, 1.165) is 17.0 Å². The van der Waals surface area contributed by atoms with Gasteiger partial charge in [-0.1, -0.05) is 5.16 Å². The maximum atomic E-state index is 12.0. The van der Waals surface area contributed by atoms with Crippen LogP contribution in [-0.4, -0.2) is 11.1 Å². The Hall–Kier alpha value is -1.82. The van der Waals surface area contributed by atoms with Crippen LogP contribution >= 0.6 is 11.3 Å². The van der Waals surface area contributed by atoms with Gasteiger partial charge in [-0.15, -0.1) is 11.3 Å². The van der Waals surface area contributed by atoms with Gasteiger partial charge in [-0.3, -0.25) is 4.79 Å². The maximum Gasteiger partial charge on any atom is 0.263 e. The highest BCUT2D eigenvalue weighted by atomic mass is 32.1. The van der Waals surface area contributed by atoms with Crippen molar-refractivity contribution in [2.45, 2.75) is 26.8 Å². The van der Waals surface area contributed by atoms with Crippen molar-refractivity contribution in [2.24, 2.45) is 0 Å². The van der Waals surface area contributed by atoms with E-state index in [1.807, 2.05) is 20.8 Å². The normalized spacial score (nSPS) is 12.4. The molecule has 0 aromatic carbocycles. The molecule has 0 bridgehead atoms. The Kier molecular flexibility index (Phi) is 3.38. The quantitative estimate of drug-likeness (QED) is 0.893. The highest BCUT2D eigenvalue weighted by Crippen LogP contribution is 2.23. The lowest BCUT2D eigenvalue weighted by Gasteiger charge is -2.13. The minimum absolute atomic E-state index is 0.162. The van der Waals surface area contributed by atoms with Gasteiger partial charge in [-0.2, -0.15) is 0 Å². The van der Waals surface area contributed by atoms with Crippen LogP contribution in [0.25, 0.3) is 0 Å². The molecule has 0 fully saturated rings. The lowest BCUT2D eigenvalue weighted by molar-refractivity contribution is 0.0944. The fraction of sp³-hybridized carbons (Fsp3) is 0.333. The standard InChI is InChI=1S/C12H15N3O2S/c1-6(10-7(2)15-17-8(10)3)14-12(16)11-9(13)4-5-18-11/h4-6H,13H2,1-3H3,(H,14,16). The van der Waals surface area contributed by atoms with Crippen LogP contribution in [0.2, 0.25) is 0 Å². The van der Waals surface area contributed by atoms with Crippen LogP contribution in [0.3, 0.4) is 0 Å². The molecule has 2 heterocycles. The number of carbonyl (C=O) groups is 1. The molecule has 0 spiro atoms. The second kappa shape index (κ2) is 4.81. The number of nitrogen functional groups attached to an aromatic ring is 1. The predicted molar refractivity (Wildman–Crippen MR) is 70.6 cm³/mol. The molecule has 3 N–H and O–H groups in total. The molecule has 18 heavy (non-hydrogen) atoms. The van der Waals surface area contributed by atoms with Gasteiger partial charge in [-0.25, -0.2) is 0 Å². The van der Waals surface area contributed by atoms with E-state index < -0.39 is 0 Å². The Balaban J connectivity index is 2.16. The van der Waals surface area contributed by atoms with Crippen molar-refractivity contribution in [3.05, 3.63) is 33.3 Å². The van der Waals surface area contributed by atoms with Crippen molar-refractivity contribution in [1.82, 2.24) is 10.5 Å². The van der Waals surface area contributed by atoms with Crippen LogP contribution in [0.4, 0.5) is 5.69 Å². The third kappa shape index (κ3) is 2.24. The SMILES string of the molecule is Cc1noc(C)c1C(C)NC(=O)c1sccc1N. The molecule has 0 saturated carbocycles. The summed E-state index contributed by atoms with van der Waals surface area (Å²) in [6, 6.07) is 1.56. The molecular weight excluding hydrogens is 250 g/mol. The van der Waals surface area contributed by atoms with Crippen LogP contribution in [0.5, 0.6) is 0 Å². The van der Waals surface area contributed by atoms with Crippen molar-refractivity contribution in [1.29, 1.82) is 0 Å². The van der Waals surface area contributed by atoms with Crippen molar-refractivity contribution < 1.29 is 9.32 Å². The molecule has 5 nitrogen and oxygen atoms in total. The summed E-state index contributed by atoms with van der Waals surface area (Å²) in [5.41, 5.74) is 7.92. The zero-order chi connectivity index (χ0) is 13.3. The van der Waals surface area contributed by atoms with Crippen LogP contribution in [0.15, 0.2) is 16.0 Å². The molecule has 0 aliphatic heterocycles. The van der Waals surface area contributed by atoms with E-state index in [1.54, 1.807) is 11.4 Å². The number of nitrogens with one attached hydrogen (secondary N) is 1. The Morgan fingerprint density at radius 1 is 1.56 bits per heavy atom. The van der Waals surface area contributed by atoms with E-state index >= 15 is 0 Å². The third-order valence-corrected chi connectivity index (χ3v) is 3.70. The van der Waals surface area contributed by atoms with E-state index in [2.05, 4.69) is 10.5 Å². The molecule has 2 aromatic rings. The van der Waals surface area contributed by atoms with Crippen molar-refractivity contribution in [2.75, 3.05) is 5.73 Å². The van der Waals surface area contributed by atoms with Crippen LogP contribution in [-0.2, 0) is 0 Å². The fourth-order valence-electron chi connectivity index (χ4n) is 1.95.